The molecule has 0 aliphatic heterocycles. The van der Waals surface area contributed by atoms with Gasteiger partial charge in [0.25, 0.3) is 10.0 Å². The molecule has 2 amide bonds. The standard InChI is InChI=1S/C30H36FN3O4S/c1-3-5-21-32-30(36)27(4-2)33(22-20-24-14-8-6-9-15-24)29(35)23-34(28-19-13-12-18-26(28)31)39(37,38)25-16-10-7-11-17-25/h6-19,27H,3-5,20-23H2,1-2H3,(H,32,36). The van der Waals surface area contributed by atoms with Gasteiger partial charge < -0.3 is 10.2 Å². The summed E-state index contributed by atoms with van der Waals surface area (Å²) in [5, 5.41) is 2.89. The quantitative estimate of drug-likeness (QED) is 0.291. The fraction of sp³-hybridized carbons (Fsp3) is 0.333. The molecule has 9 heteroatoms. The van der Waals surface area contributed by atoms with Gasteiger partial charge in [0.05, 0.1) is 10.6 Å². The lowest BCUT2D eigenvalue weighted by Gasteiger charge is -2.33. The lowest BCUT2D eigenvalue weighted by Crippen LogP contribution is -2.53. The Morgan fingerprint density at radius 1 is 0.897 bits per heavy atom. The van der Waals surface area contributed by atoms with E-state index in [-0.39, 0.29) is 23.0 Å². The molecule has 3 rings (SSSR count). The summed E-state index contributed by atoms with van der Waals surface area (Å²) >= 11 is 0. The average molecular weight is 554 g/mol. The summed E-state index contributed by atoms with van der Waals surface area (Å²) in [6.07, 6.45) is 2.51. The first kappa shape index (κ1) is 29.8. The molecule has 0 spiro atoms. The largest absolute Gasteiger partial charge is 0.354 e. The Kier molecular flexibility index (Phi) is 11.0. The zero-order valence-corrected chi connectivity index (χ0v) is 23.2. The molecule has 0 saturated heterocycles. The third kappa shape index (κ3) is 7.89. The van der Waals surface area contributed by atoms with Gasteiger partial charge in [-0.3, -0.25) is 13.9 Å². The van der Waals surface area contributed by atoms with Gasteiger partial charge >= 0.3 is 0 Å². The van der Waals surface area contributed by atoms with Crippen molar-refractivity contribution in [3.05, 3.63) is 96.3 Å². The minimum Gasteiger partial charge on any atom is -0.354 e. The molecule has 0 aromatic heterocycles. The van der Waals surface area contributed by atoms with Crippen molar-refractivity contribution in [2.45, 2.75) is 50.5 Å². The van der Waals surface area contributed by atoms with Gasteiger partial charge in [-0.15, -0.1) is 0 Å². The van der Waals surface area contributed by atoms with Crippen LogP contribution in [0.4, 0.5) is 10.1 Å². The molecule has 0 radical (unpaired) electrons. The maximum atomic E-state index is 14.9. The fourth-order valence-corrected chi connectivity index (χ4v) is 5.73. The molecule has 0 aliphatic rings. The highest BCUT2D eigenvalue weighted by atomic mass is 32.2. The number of hydrogen-bond acceptors (Lipinski definition) is 4. The smallest absolute Gasteiger partial charge is 0.264 e. The number of sulfonamides is 1. The van der Waals surface area contributed by atoms with Gasteiger partial charge in [-0.1, -0.05) is 80.9 Å². The maximum Gasteiger partial charge on any atom is 0.264 e. The predicted octanol–water partition coefficient (Wildman–Crippen LogP) is 4.79. The molecular formula is C30H36FN3O4S. The normalized spacial score (nSPS) is 12.0. The van der Waals surface area contributed by atoms with Crippen LogP contribution in [-0.4, -0.2) is 50.8 Å². The minimum atomic E-state index is -4.30. The van der Waals surface area contributed by atoms with Crippen molar-refractivity contribution in [2.24, 2.45) is 0 Å². The number of nitrogens with one attached hydrogen (secondary N) is 1. The zero-order chi connectivity index (χ0) is 28.3. The van der Waals surface area contributed by atoms with Crippen LogP contribution in [-0.2, 0) is 26.0 Å². The molecule has 1 unspecified atom stereocenters. The first-order valence-electron chi connectivity index (χ1n) is 13.2. The number of nitrogens with zero attached hydrogens (tertiary/aromatic N) is 2. The van der Waals surface area contributed by atoms with Gasteiger partial charge in [0.15, 0.2) is 0 Å². The molecule has 0 heterocycles. The summed E-state index contributed by atoms with van der Waals surface area (Å²) in [4.78, 5) is 28.4. The molecule has 3 aromatic carbocycles. The van der Waals surface area contributed by atoms with Crippen LogP contribution in [0.15, 0.2) is 89.8 Å². The number of para-hydroxylation sites is 1. The van der Waals surface area contributed by atoms with Gasteiger partial charge in [0.2, 0.25) is 11.8 Å². The summed E-state index contributed by atoms with van der Waals surface area (Å²) in [5.74, 6) is -1.66. The lowest BCUT2D eigenvalue weighted by molar-refractivity contribution is -0.139. The number of hydrogen-bond donors (Lipinski definition) is 1. The van der Waals surface area contributed by atoms with Crippen LogP contribution in [0.25, 0.3) is 0 Å². The second kappa shape index (κ2) is 14.4. The van der Waals surface area contributed by atoms with Crippen LogP contribution in [0.3, 0.4) is 0 Å². The molecule has 0 bridgehead atoms. The molecule has 1 N–H and O–H groups in total. The zero-order valence-electron chi connectivity index (χ0n) is 22.4. The van der Waals surface area contributed by atoms with E-state index in [4.69, 9.17) is 0 Å². The SMILES string of the molecule is CCCCNC(=O)C(CC)N(CCc1ccccc1)C(=O)CN(c1ccccc1F)S(=O)(=O)c1ccccc1. The maximum absolute atomic E-state index is 14.9. The highest BCUT2D eigenvalue weighted by molar-refractivity contribution is 7.92. The number of halogens is 1. The summed E-state index contributed by atoms with van der Waals surface area (Å²) in [5.41, 5.74) is 0.734. The molecule has 3 aromatic rings. The topological polar surface area (TPSA) is 86.8 Å². The minimum absolute atomic E-state index is 0.0683. The van der Waals surface area contributed by atoms with Crippen LogP contribution < -0.4 is 9.62 Å². The Morgan fingerprint density at radius 3 is 2.13 bits per heavy atom. The average Bonchev–Trinajstić information content (AvgIpc) is 2.95. The molecular weight excluding hydrogens is 517 g/mol. The second-order valence-electron chi connectivity index (χ2n) is 9.17. The van der Waals surface area contributed by atoms with Crippen LogP contribution in [0.1, 0.15) is 38.7 Å². The van der Waals surface area contributed by atoms with Gasteiger partial charge in [-0.25, -0.2) is 12.8 Å². The van der Waals surface area contributed by atoms with Crippen LogP contribution in [0, 0.1) is 5.82 Å². The lowest BCUT2D eigenvalue weighted by atomic mass is 10.1. The van der Waals surface area contributed by atoms with E-state index in [2.05, 4.69) is 5.32 Å². The number of carbonyl (C=O) groups excluding carboxylic acids is 2. The number of rotatable bonds is 14. The highest BCUT2D eigenvalue weighted by Gasteiger charge is 2.34. The van der Waals surface area contributed by atoms with E-state index in [0.29, 0.717) is 19.4 Å². The Bertz CT molecular complexity index is 1320. The van der Waals surface area contributed by atoms with Gasteiger partial charge in [0, 0.05) is 13.1 Å². The van der Waals surface area contributed by atoms with Crippen molar-refractivity contribution < 1.29 is 22.4 Å². The molecule has 39 heavy (non-hydrogen) atoms. The Morgan fingerprint density at radius 2 is 1.51 bits per heavy atom. The Balaban J connectivity index is 1.98. The molecule has 0 fully saturated rings. The second-order valence-corrected chi connectivity index (χ2v) is 11.0. The van der Waals surface area contributed by atoms with Crippen molar-refractivity contribution in [3.63, 3.8) is 0 Å². The van der Waals surface area contributed by atoms with Gasteiger partial charge in [-0.05, 0) is 49.1 Å². The van der Waals surface area contributed by atoms with E-state index in [1.165, 1.54) is 35.2 Å². The van der Waals surface area contributed by atoms with E-state index in [0.717, 1.165) is 28.8 Å². The van der Waals surface area contributed by atoms with E-state index in [1.54, 1.807) is 18.2 Å². The fourth-order valence-electron chi connectivity index (χ4n) is 4.29. The predicted molar refractivity (Wildman–Crippen MR) is 151 cm³/mol. The third-order valence-electron chi connectivity index (χ3n) is 6.43. The third-order valence-corrected chi connectivity index (χ3v) is 8.20. The molecule has 0 aliphatic carbocycles. The molecule has 1 atom stereocenters. The van der Waals surface area contributed by atoms with Crippen LogP contribution in [0.5, 0.6) is 0 Å². The van der Waals surface area contributed by atoms with Crippen molar-refractivity contribution in [2.75, 3.05) is 23.9 Å². The first-order chi connectivity index (χ1) is 18.8. The number of carbonyl (C=O) groups is 2. The van der Waals surface area contributed by atoms with Crippen molar-refractivity contribution >= 4 is 27.5 Å². The van der Waals surface area contributed by atoms with E-state index >= 15 is 0 Å². The number of unbranched alkanes of at least 4 members (excludes halogenated alkanes) is 1. The van der Waals surface area contributed by atoms with Crippen LogP contribution in [0.2, 0.25) is 0 Å². The highest BCUT2D eigenvalue weighted by Crippen LogP contribution is 2.26. The van der Waals surface area contributed by atoms with Crippen LogP contribution >= 0.6 is 0 Å². The number of amides is 2. The van der Waals surface area contributed by atoms with E-state index in [1.807, 2.05) is 44.2 Å². The Hall–Kier alpha value is -3.72. The molecule has 0 saturated carbocycles. The number of benzene rings is 3. The van der Waals surface area contributed by atoms with Gasteiger partial charge in [0.1, 0.15) is 18.4 Å². The van der Waals surface area contributed by atoms with E-state index in [9.17, 15) is 22.4 Å². The summed E-state index contributed by atoms with van der Waals surface area (Å²) in [6, 6.07) is 21.8. The summed E-state index contributed by atoms with van der Waals surface area (Å²) in [7, 11) is -4.30. The Labute approximate surface area is 230 Å². The van der Waals surface area contributed by atoms with Gasteiger partial charge in [-0.2, -0.15) is 0 Å². The number of anilines is 1. The summed E-state index contributed by atoms with van der Waals surface area (Å²) < 4.78 is 43.1. The monoisotopic (exact) mass is 553 g/mol. The van der Waals surface area contributed by atoms with Crippen molar-refractivity contribution in [1.29, 1.82) is 0 Å². The summed E-state index contributed by atoms with van der Waals surface area (Å²) in [6.45, 7) is 3.84. The van der Waals surface area contributed by atoms with Crippen molar-refractivity contribution in [3.8, 4) is 0 Å². The van der Waals surface area contributed by atoms with E-state index < -0.39 is 34.3 Å². The first-order valence-corrected chi connectivity index (χ1v) is 14.7. The molecule has 208 valence electrons. The van der Waals surface area contributed by atoms with Crippen molar-refractivity contribution in [1.82, 2.24) is 10.2 Å². The molecule has 7 nitrogen and oxygen atoms in total.